The van der Waals surface area contributed by atoms with Gasteiger partial charge in [0.05, 0.1) is 5.52 Å². The molecule has 0 aliphatic carbocycles. The van der Waals surface area contributed by atoms with E-state index >= 15 is 0 Å². The molecule has 0 fully saturated rings. The van der Waals surface area contributed by atoms with Crippen LogP contribution in [0, 0.1) is 3.57 Å². The summed E-state index contributed by atoms with van der Waals surface area (Å²) in [6.07, 6.45) is 1.67. The molecular formula is C14H12INO5. The molecule has 2 rings (SSSR count). The van der Waals surface area contributed by atoms with Crippen LogP contribution >= 0.6 is 22.6 Å². The smallest absolute Gasteiger partial charge is 0.308 e. The Labute approximate surface area is 134 Å². The summed E-state index contributed by atoms with van der Waals surface area (Å²) in [7, 11) is 0. The number of ether oxygens (including phenoxy) is 2. The minimum Gasteiger partial charge on any atom is -0.423 e. The zero-order valence-corrected chi connectivity index (χ0v) is 13.8. The van der Waals surface area contributed by atoms with Gasteiger partial charge in [0.15, 0.2) is 11.5 Å². The zero-order chi connectivity index (χ0) is 15.7. The Balaban J connectivity index is 2.71. The normalized spacial score (nSPS) is 10.5. The fourth-order valence-electron chi connectivity index (χ4n) is 1.92. The average molecular weight is 401 g/mol. The Morgan fingerprint density at radius 3 is 2.00 bits per heavy atom. The van der Waals surface area contributed by atoms with E-state index < -0.39 is 11.9 Å². The van der Waals surface area contributed by atoms with E-state index in [2.05, 4.69) is 22.6 Å². The summed E-state index contributed by atoms with van der Waals surface area (Å²) in [5.41, 5.74) is 0.582. The second-order valence-corrected chi connectivity index (χ2v) is 5.53. The van der Waals surface area contributed by atoms with Crippen molar-refractivity contribution in [3.63, 3.8) is 0 Å². The van der Waals surface area contributed by atoms with Crippen LogP contribution in [0.15, 0.2) is 18.3 Å². The van der Waals surface area contributed by atoms with Crippen LogP contribution in [-0.4, -0.2) is 22.4 Å². The van der Waals surface area contributed by atoms with Crippen molar-refractivity contribution in [2.45, 2.75) is 20.8 Å². The number of carbonyl (C=O) groups excluding carboxylic acids is 3. The van der Waals surface area contributed by atoms with Crippen LogP contribution in [-0.2, 0) is 9.59 Å². The maximum absolute atomic E-state index is 11.6. The summed E-state index contributed by atoms with van der Waals surface area (Å²) in [5.74, 6) is -0.995. The summed E-state index contributed by atoms with van der Waals surface area (Å²) in [4.78, 5) is 34.0. The number of rotatable bonds is 2. The molecule has 110 valence electrons. The molecule has 2 aromatic rings. The van der Waals surface area contributed by atoms with Crippen LogP contribution in [0.25, 0.3) is 10.9 Å². The van der Waals surface area contributed by atoms with E-state index in [0.717, 1.165) is 8.96 Å². The van der Waals surface area contributed by atoms with E-state index in [0.29, 0.717) is 5.52 Å². The van der Waals surface area contributed by atoms with Gasteiger partial charge in [-0.15, -0.1) is 0 Å². The number of esters is 2. The van der Waals surface area contributed by atoms with Gasteiger partial charge in [0.2, 0.25) is 5.91 Å². The van der Waals surface area contributed by atoms with Crippen molar-refractivity contribution in [1.82, 2.24) is 4.57 Å². The van der Waals surface area contributed by atoms with Gasteiger partial charge in [0, 0.05) is 42.0 Å². The summed E-state index contributed by atoms with van der Waals surface area (Å²) >= 11 is 2.08. The number of hydrogen-bond acceptors (Lipinski definition) is 5. The van der Waals surface area contributed by atoms with Gasteiger partial charge in [-0.2, -0.15) is 0 Å². The first-order valence-corrected chi connectivity index (χ1v) is 7.10. The second-order valence-electron chi connectivity index (χ2n) is 4.37. The molecule has 0 atom stereocenters. The topological polar surface area (TPSA) is 74.6 Å². The Bertz CT molecular complexity index is 762. The van der Waals surface area contributed by atoms with Gasteiger partial charge in [0.1, 0.15) is 0 Å². The third kappa shape index (κ3) is 3.23. The van der Waals surface area contributed by atoms with Gasteiger partial charge in [0.25, 0.3) is 0 Å². The number of carbonyl (C=O) groups is 3. The first-order valence-electron chi connectivity index (χ1n) is 6.02. The van der Waals surface area contributed by atoms with E-state index in [1.165, 1.54) is 31.4 Å². The number of nitrogens with zero attached hydrogens (tertiary/aromatic N) is 1. The van der Waals surface area contributed by atoms with Crippen molar-refractivity contribution in [3.8, 4) is 11.5 Å². The largest absolute Gasteiger partial charge is 0.423 e. The van der Waals surface area contributed by atoms with E-state index in [1.54, 1.807) is 12.3 Å². The Morgan fingerprint density at radius 1 is 1.00 bits per heavy atom. The molecule has 0 spiro atoms. The van der Waals surface area contributed by atoms with Gasteiger partial charge in [-0.3, -0.25) is 19.0 Å². The van der Waals surface area contributed by atoms with E-state index in [-0.39, 0.29) is 17.4 Å². The molecule has 0 unspecified atom stereocenters. The minimum atomic E-state index is -0.543. The lowest BCUT2D eigenvalue weighted by molar-refractivity contribution is -0.134. The molecule has 0 amide bonds. The van der Waals surface area contributed by atoms with Crippen molar-refractivity contribution in [1.29, 1.82) is 0 Å². The molecule has 0 radical (unpaired) electrons. The highest BCUT2D eigenvalue weighted by molar-refractivity contribution is 14.1. The number of benzene rings is 1. The van der Waals surface area contributed by atoms with Gasteiger partial charge in [-0.25, -0.2) is 0 Å². The lowest BCUT2D eigenvalue weighted by Crippen LogP contribution is -2.08. The molecule has 7 heteroatoms. The Kier molecular flexibility index (Phi) is 4.31. The highest BCUT2D eigenvalue weighted by Gasteiger charge is 2.17. The van der Waals surface area contributed by atoms with Crippen LogP contribution < -0.4 is 9.47 Å². The van der Waals surface area contributed by atoms with E-state index in [9.17, 15) is 14.4 Å². The lowest BCUT2D eigenvalue weighted by Gasteiger charge is -2.09. The van der Waals surface area contributed by atoms with Crippen LogP contribution in [0.4, 0.5) is 0 Å². The molecule has 0 aliphatic heterocycles. The van der Waals surface area contributed by atoms with Crippen LogP contribution in [0.2, 0.25) is 0 Å². The Hall–Kier alpha value is -1.90. The maximum Gasteiger partial charge on any atom is 0.308 e. The summed E-state index contributed by atoms with van der Waals surface area (Å²) < 4.78 is 12.4. The zero-order valence-electron chi connectivity index (χ0n) is 11.6. The van der Waals surface area contributed by atoms with Gasteiger partial charge in [-0.1, -0.05) is 0 Å². The predicted octanol–water partition coefficient (Wildman–Crippen LogP) is 2.76. The first-order chi connectivity index (χ1) is 9.79. The monoisotopic (exact) mass is 401 g/mol. The molecule has 6 nitrogen and oxygen atoms in total. The fourth-order valence-corrected chi connectivity index (χ4v) is 2.63. The quantitative estimate of drug-likeness (QED) is 0.440. The second kappa shape index (κ2) is 5.84. The molecule has 0 saturated carbocycles. The van der Waals surface area contributed by atoms with Crippen molar-refractivity contribution in [3.05, 3.63) is 21.9 Å². The molecule has 21 heavy (non-hydrogen) atoms. The molecule has 1 heterocycles. The molecule has 0 aliphatic rings. The standard InChI is InChI=1S/C14H12INO5/c1-7(17)16-6-11(15)10-4-13(20-8(2)18)14(5-12(10)16)21-9(3)19/h4-6H,1-3H3. The van der Waals surface area contributed by atoms with Crippen molar-refractivity contribution in [2.24, 2.45) is 0 Å². The van der Waals surface area contributed by atoms with Crippen molar-refractivity contribution >= 4 is 51.3 Å². The first kappa shape index (κ1) is 15.5. The number of aromatic nitrogens is 1. The number of fused-ring (bicyclic) bond motifs is 1. The van der Waals surface area contributed by atoms with Crippen molar-refractivity contribution in [2.75, 3.05) is 0 Å². The van der Waals surface area contributed by atoms with E-state index in [4.69, 9.17) is 9.47 Å². The molecule has 1 aromatic heterocycles. The highest BCUT2D eigenvalue weighted by atomic mass is 127. The maximum atomic E-state index is 11.6. The van der Waals surface area contributed by atoms with Gasteiger partial charge >= 0.3 is 11.9 Å². The fraction of sp³-hybridized carbons (Fsp3) is 0.214. The van der Waals surface area contributed by atoms with Crippen molar-refractivity contribution < 1.29 is 23.9 Å². The van der Waals surface area contributed by atoms with Gasteiger partial charge < -0.3 is 9.47 Å². The Morgan fingerprint density at radius 2 is 1.52 bits per heavy atom. The predicted molar refractivity (Wildman–Crippen MR) is 83.6 cm³/mol. The third-order valence-electron chi connectivity index (χ3n) is 2.67. The molecule has 0 N–H and O–H groups in total. The molecule has 1 aromatic carbocycles. The third-order valence-corrected chi connectivity index (χ3v) is 3.53. The van der Waals surface area contributed by atoms with Crippen LogP contribution in [0.1, 0.15) is 25.6 Å². The van der Waals surface area contributed by atoms with Crippen LogP contribution in [0.5, 0.6) is 11.5 Å². The van der Waals surface area contributed by atoms with Gasteiger partial charge in [-0.05, 0) is 28.7 Å². The summed E-state index contributed by atoms with van der Waals surface area (Å²) in [5, 5.41) is 0.734. The summed E-state index contributed by atoms with van der Waals surface area (Å²) in [6.45, 7) is 3.93. The molecule has 0 bridgehead atoms. The molecular weight excluding hydrogens is 389 g/mol. The molecule has 0 saturated heterocycles. The SMILES string of the molecule is CC(=O)Oc1cc2c(I)cn(C(C)=O)c2cc1OC(C)=O. The number of halogens is 1. The van der Waals surface area contributed by atoms with Crippen LogP contribution in [0.3, 0.4) is 0 Å². The summed E-state index contributed by atoms with van der Waals surface area (Å²) in [6, 6.07) is 3.09. The minimum absolute atomic E-state index is 0.0993. The average Bonchev–Trinajstić information content (AvgIpc) is 2.66. The highest BCUT2D eigenvalue weighted by Crippen LogP contribution is 2.35. The van der Waals surface area contributed by atoms with E-state index in [1.807, 2.05) is 0 Å². The lowest BCUT2D eigenvalue weighted by atomic mass is 10.2. The number of hydrogen-bond donors (Lipinski definition) is 0.